The fourth-order valence-electron chi connectivity index (χ4n) is 1.34. The molecular weight excluding hydrogens is 233 g/mol. The van der Waals surface area contributed by atoms with Gasteiger partial charge in [0, 0.05) is 0 Å². The van der Waals surface area contributed by atoms with Crippen molar-refractivity contribution in [1.82, 2.24) is 0 Å². The highest BCUT2D eigenvalue weighted by Gasteiger charge is 2.44. The third kappa shape index (κ3) is 3.57. The summed E-state index contributed by atoms with van der Waals surface area (Å²) in [5.74, 6) is -0.263. The van der Waals surface area contributed by atoms with Crippen molar-refractivity contribution in [2.45, 2.75) is 24.6 Å². The highest BCUT2D eigenvalue weighted by molar-refractivity contribution is 7.99. The summed E-state index contributed by atoms with van der Waals surface area (Å²) in [6.07, 6.45) is -4.22. The fraction of sp³-hybridized carbons (Fsp3) is 0.875. The summed E-state index contributed by atoms with van der Waals surface area (Å²) in [6.45, 7) is -1.50. The molecule has 15 heavy (non-hydrogen) atoms. The lowest BCUT2D eigenvalue weighted by Crippen LogP contribution is -2.46. The van der Waals surface area contributed by atoms with Gasteiger partial charge in [0.1, 0.15) is 6.61 Å². The van der Waals surface area contributed by atoms with Crippen molar-refractivity contribution < 1.29 is 27.8 Å². The second kappa shape index (κ2) is 4.61. The van der Waals surface area contributed by atoms with Crippen molar-refractivity contribution in [2.75, 3.05) is 18.1 Å². The molecule has 88 valence electrons. The van der Waals surface area contributed by atoms with E-state index in [0.29, 0.717) is 11.5 Å². The zero-order valence-electron chi connectivity index (χ0n) is 7.84. The predicted octanol–water partition coefficient (Wildman–Crippen LogP) is 1.92. The number of hydrogen-bond donors (Lipinski definition) is 1. The first kappa shape index (κ1) is 12.6. The summed E-state index contributed by atoms with van der Waals surface area (Å²) in [6, 6.07) is 0. The largest absolute Gasteiger partial charge is 0.479 e. The average Bonchev–Trinajstić information content (AvgIpc) is 2.15. The third-order valence-electron chi connectivity index (χ3n) is 2.20. The van der Waals surface area contributed by atoms with Gasteiger partial charge in [0.05, 0.1) is 0 Å². The number of hydrogen-bond acceptors (Lipinski definition) is 3. The Hall–Kier alpha value is -0.430. The van der Waals surface area contributed by atoms with Crippen LogP contribution in [0.2, 0.25) is 0 Å². The molecule has 0 atom stereocenters. The number of rotatable bonds is 3. The van der Waals surface area contributed by atoms with Crippen LogP contribution in [0.1, 0.15) is 12.8 Å². The maximum absolute atomic E-state index is 11.9. The zero-order valence-corrected chi connectivity index (χ0v) is 8.66. The van der Waals surface area contributed by atoms with Gasteiger partial charge in [-0.25, -0.2) is 4.79 Å². The smallest absolute Gasteiger partial charge is 0.411 e. The summed E-state index contributed by atoms with van der Waals surface area (Å²) in [4.78, 5) is 10.9. The van der Waals surface area contributed by atoms with Gasteiger partial charge in [-0.15, -0.1) is 0 Å². The van der Waals surface area contributed by atoms with Gasteiger partial charge in [-0.05, 0) is 24.3 Å². The number of alkyl halides is 3. The molecule has 1 fully saturated rings. The van der Waals surface area contributed by atoms with E-state index >= 15 is 0 Å². The van der Waals surface area contributed by atoms with E-state index in [-0.39, 0.29) is 12.8 Å². The second-order valence-electron chi connectivity index (χ2n) is 3.32. The molecule has 1 aliphatic rings. The molecule has 1 rings (SSSR count). The number of aliphatic carboxylic acids is 1. The van der Waals surface area contributed by atoms with Gasteiger partial charge in [0.25, 0.3) is 0 Å². The van der Waals surface area contributed by atoms with Crippen molar-refractivity contribution >= 4 is 17.7 Å². The summed E-state index contributed by atoms with van der Waals surface area (Å²) < 4.78 is 40.3. The van der Waals surface area contributed by atoms with Crippen molar-refractivity contribution in [3.8, 4) is 0 Å². The summed E-state index contributed by atoms with van der Waals surface area (Å²) >= 11 is 1.52. The lowest BCUT2D eigenvalue weighted by molar-refractivity contribution is -0.214. The molecule has 0 radical (unpaired) electrons. The van der Waals surface area contributed by atoms with Crippen LogP contribution in [0.3, 0.4) is 0 Å². The van der Waals surface area contributed by atoms with E-state index in [1.807, 2.05) is 0 Å². The standard InChI is InChI=1S/C8H11F3O3S/c9-8(10,11)5-14-7(6(12)13)1-3-15-4-2-7/h1-5H2,(H,12,13). The predicted molar refractivity (Wildman–Crippen MR) is 48.9 cm³/mol. The summed E-state index contributed by atoms with van der Waals surface area (Å²) in [5, 5.41) is 8.88. The van der Waals surface area contributed by atoms with Crippen LogP contribution in [-0.4, -0.2) is 41.0 Å². The number of carboxylic acids is 1. The number of thioether (sulfide) groups is 1. The first-order chi connectivity index (χ1) is 6.86. The number of halogens is 3. The fourth-order valence-corrected chi connectivity index (χ4v) is 2.49. The highest BCUT2D eigenvalue weighted by Crippen LogP contribution is 2.32. The molecule has 0 aromatic carbocycles. The lowest BCUT2D eigenvalue weighted by Gasteiger charge is -2.33. The van der Waals surface area contributed by atoms with Gasteiger partial charge in [0.15, 0.2) is 5.60 Å². The van der Waals surface area contributed by atoms with E-state index in [1.54, 1.807) is 0 Å². The van der Waals surface area contributed by atoms with Gasteiger partial charge in [0.2, 0.25) is 0 Å². The molecule has 7 heteroatoms. The van der Waals surface area contributed by atoms with Crippen LogP contribution in [0.25, 0.3) is 0 Å². The molecular formula is C8H11F3O3S. The van der Waals surface area contributed by atoms with E-state index in [2.05, 4.69) is 4.74 Å². The van der Waals surface area contributed by atoms with Crippen LogP contribution in [0.4, 0.5) is 13.2 Å². The van der Waals surface area contributed by atoms with Crippen LogP contribution in [0.15, 0.2) is 0 Å². The van der Waals surface area contributed by atoms with Gasteiger partial charge >= 0.3 is 12.1 Å². The molecule has 0 aromatic heterocycles. The number of ether oxygens (including phenoxy) is 1. The molecule has 0 saturated carbocycles. The maximum atomic E-state index is 11.9. The maximum Gasteiger partial charge on any atom is 0.411 e. The Balaban J connectivity index is 2.61. The van der Waals surface area contributed by atoms with E-state index in [4.69, 9.17) is 5.11 Å². The van der Waals surface area contributed by atoms with E-state index < -0.39 is 24.4 Å². The van der Waals surface area contributed by atoms with E-state index in [1.165, 1.54) is 11.8 Å². The second-order valence-corrected chi connectivity index (χ2v) is 4.54. The minimum atomic E-state index is -4.48. The minimum absolute atomic E-state index is 0.128. The van der Waals surface area contributed by atoms with Crippen LogP contribution >= 0.6 is 11.8 Å². The minimum Gasteiger partial charge on any atom is -0.479 e. The molecule has 1 heterocycles. The monoisotopic (exact) mass is 244 g/mol. The van der Waals surface area contributed by atoms with E-state index in [0.717, 1.165) is 0 Å². The molecule has 0 aromatic rings. The Bertz CT molecular complexity index is 236. The van der Waals surface area contributed by atoms with Crippen molar-refractivity contribution in [1.29, 1.82) is 0 Å². The molecule has 0 amide bonds. The number of carbonyl (C=O) groups is 1. The van der Waals surface area contributed by atoms with Crippen molar-refractivity contribution in [3.63, 3.8) is 0 Å². The zero-order chi connectivity index (χ0) is 11.5. The molecule has 3 nitrogen and oxygen atoms in total. The highest BCUT2D eigenvalue weighted by atomic mass is 32.2. The van der Waals surface area contributed by atoms with Crippen LogP contribution in [0, 0.1) is 0 Å². The molecule has 0 bridgehead atoms. The van der Waals surface area contributed by atoms with Crippen LogP contribution < -0.4 is 0 Å². The topological polar surface area (TPSA) is 46.5 Å². The number of carboxylic acid groups (broad SMARTS) is 1. The van der Waals surface area contributed by atoms with Gasteiger partial charge in [-0.3, -0.25) is 0 Å². The SMILES string of the molecule is O=C(O)C1(OCC(F)(F)F)CCSCC1. The third-order valence-corrected chi connectivity index (χ3v) is 3.19. The summed E-state index contributed by atoms with van der Waals surface area (Å²) in [5.41, 5.74) is -1.64. The summed E-state index contributed by atoms with van der Waals surface area (Å²) in [7, 11) is 0. The Morgan fingerprint density at radius 3 is 2.33 bits per heavy atom. The van der Waals surface area contributed by atoms with Crippen LogP contribution in [0.5, 0.6) is 0 Å². The van der Waals surface area contributed by atoms with Gasteiger partial charge in [-0.1, -0.05) is 0 Å². The quantitative estimate of drug-likeness (QED) is 0.823. The Labute approximate surface area is 89.0 Å². The first-order valence-electron chi connectivity index (χ1n) is 4.38. The normalized spacial score (nSPS) is 21.3. The molecule has 1 aliphatic heterocycles. The van der Waals surface area contributed by atoms with Crippen molar-refractivity contribution in [2.24, 2.45) is 0 Å². The Kier molecular flexibility index (Phi) is 3.88. The van der Waals surface area contributed by atoms with E-state index in [9.17, 15) is 18.0 Å². The molecule has 0 spiro atoms. The van der Waals surface area contributed by atoms with Gasteiger partial charge < -0.3 is 9.84 Å². The molecule has 1 saturated heterocycles. The first-order valence-corrected chi connectivity index (χ1v) is 5.53. The average molecular weight is 244 g/mol. The molecule has 0 aliphatic carbocycles. The molecule has 0 unspecified atom stereocenters. The van der Waals surface area contributed by atoms with Crippen LogP contribution in [-0.2, 0) is 9.53 Å². The lowest BCUT2D eigenvalue weighted by atomic mass is 9.97. The van der Waals surface area contributed by atoms with Gasteiger partial charge in [-0.2, -0.15) is 24.9 Å². The molecule has 1 N–H and O–H groups in total. The Morgan fingerprint density at radius 2 is 1.93 bits per heavy atom. The van der Waals surface area contributed by atoms with Crippen molar-refractivity contribution in [3.05, 3.63) is 0 Å². The Morgan fingerprint density at radius 1 is 1.40 bits per heavy atom.